The lowest BCUT2D eigenvalue weighted by Crippen LogP contribution is -2.12. The number of ether oxygens (including phenoxy) is 1. The van der Waals surface area contributed by atoms with Crippen LogP contribution in [0.1, 0.15) is 27.0 Å². The number of carbonyl (C=O) groups is 1. The van der Waals surface area contributed by atoms with Crippen LogP contribution in [0, 0.1) is 20.8 Å². The fraction of sp³-hybridized carbons (Fsp3) is 0.120. The van der Waals surface area contributed by atoms with Crippen molar-refractivity contribution in [3.05, 3.63) is 89.0 Å². The Labute approximate surface area is 186 Å². The first kappa shape index (κ1) is 20.8. The Kier molecular flexibility index (Phi) is 5.82. The zero-order valence-electron chi connectivity index (χ0n) is 17.6. The summed E-state index contributed by atoms with van der Waals surface area (Å²) in [6, 6.07) is 20.9. The molecule has 0 spiro atoms. The van der Waals surface area contributed by atoms with Crippen LogP contribution in [0.25, 0.3) is 11.3 Å². The standard InChI is InChI=1S/C25H23N3O2S/c1-15-10-11-18(25(29)26-19-8-5-9-20(31)13-19)12-22(15)30-23-14-21(27-28-23)24-16(2)6-4-7-17(24)3/h4-14,31H,1-3H3,(H,26,29)(H,27,28)/p+1. The van der Waals surface area contributed by atoms with Crippen LogP contribution in [-0.4, -0.2) is 16.1 Å². The van der Waals surface area contributed by atoms with Crippen molar-refractivity contribution in [3.63, 3.8) is 0 Å². The van der Waals surface area contributed by atoms with Gasteiger partial charge in [-0.15, -0.1) is 5.10 Å². The zero-order chi connectivity index (χ0) is 22.0. The molecule has 0 fully saturated rings. The van der Waals surface area contributed by atoms with E-state index in [0.717, 1.165) is 32.8 Å². The summed E-state index contributed by atoms with van der Waals surface area (Å²) in [5, 5.41) is 10.3. The predicted molar refractivity (Wildman–Crippen MR) is 128 cm³/mol. The topological polar surface area (TPSA) is 67.0 Å². The number of nitrogens with one attached hydrogen (secondary N) is 2. The van der Waals surface area contributed by atoms with Crippen LogP contribution < -0.4 is 10.1 Å². The van der Waals surface area contributed by atoms with Crippen LogP contribution in [-0.2, 0) is 12.6 Å². The van der Waals surface area contributed by atoms with Crippen LogP contribution in [0.3, 0.4) is 0 Å². The van der Waals surface area contributed by atoms with E-state index in [0.29, 0.717) is 22.9 Å². The number of carbonyl (C=O) groups excluding carboxylic acids is 1. The monoisotopic (exact) mass is 430 g/mol. The van der Waals surface area contributed by atoms with E-state index in [4.69, 9.17) is 4.74 Å². The molecular weight excluding hydrogens is 406 g/mol. The number of hydrogen-bond donors (Lipinski definition) is 2. The Bertz CT molecular complexity index is 1240. The summed E-state index contributed by atoms with van der Waals surface area (Å²) in [6.07, 6.45) is 0. The number of aromatic amines is 1. The summed E-state index contributed by atoms with van der Waals surface area (Å²) in [5.74, 6) is 0.825. The van der Waals surface area contributed by atoms with Gasteiger partial charge in [-0.1, -0.05) is 30.3 Å². The molecule has 6 heteroatoms. The largest absolute Gasteiger partial charge is 0.437 e. The molecule has 1 aromatic heterocycles. The van der Waals surface area contributed by atoms with E-state index >= 15 is 0 Å². The number of aryl methyl sites for hydroxylation is 3. The number of rotatable bonds is 5. The van der Waals surface area contributed by atoms with Gasteiger partial charge < -0.3 is 10.1 Å². The molecule has 4 aromatic rings. The van der Waals surface area contributed by atoms with Gasteiger partial charge in [-0.25, -0.2) is 0 Å². The van der Waals surface area contributed by atoms with Crippen molar-refractivity contribution in [2.75, 3.05) is 5.32 Å². The van der Waals surface area contributed by atoms with Gasteiger partial charge in [-0.05, 0) is 74.4 Å². The average Bonchev–Trinajstić information content (AvgIpc) is 3.17. The van der Waals surface area contributed by atoms with Crippen molar-refractivity contribution in [1.82, 2.24) is 10.2 Å². The van der Waals surface area contributed by atoms with E-state index in [1.807, 2.05) is 49.4 Å². The summed E-state index contributed by atoms with van der Waals surface area (Å²) in [5.41, 5.74) is 6.47. The van der Waals surface area contributed by atoms with Crippen LogP contribution in [0.4, 0.5) is 5.69 Å². The summed E-state index contributed by atoms with van der Waals surface area (Å²) in [4.78, 5) is 13.6. The molecule has 0 saturated heterocycles. The first-order chi connectivity index (χ1) is 14.9. The minimum atomic E-state index is -0.208. The maximum atomic E-state index is 12.7. The Morgan fingerprint density at radius 3 is 2.42 bits per heavy atom. The van der Waals surface area contributed by atoms with Gasteiger partial charge in [0.15, 0.2) is 4.90 Å². The molecule has 5 nitrogen and oxygen atoms in total. The maximum Gasteiger partial charge on any atom is 0.255 e. The lowest BCUT2D eigenvalue weighted by molar-refractivity contribution is 0.102. The highest BCUT2D eigenvalue weighted by molar-refractivity contribution is 7.58. The number of benzene rings is 3. The number of nitrogens with zero attached hydrogens (tertiary/aromatic N) is 1. The van der Waals surface area contributed by atoms with E-state index in [1.165, 1.54) is 0 Å². The molecule has 4 rings (SSSR count). The molecule has 0 aliphatic carbocycles. The van der Waals surface area contributed by atoms with Gasteiger partial charge in [0, 0.05) is 28.9 Å². The molecule has 0 saturated carbocycles. The predicted octanol–water partition coefficient (Wildman–Crippen LogP) is 5.42. The van der Waals surface area contributed by atoms with Crippen molar-refractivity contribution in [2.24, 2.45) is 0 Å². The molecule has 31 heavy (non-hydrogen) atoms. The summed E-state index contributed by atoms with van der Waals surface area (Å²) < 4.78 is 6.02. The fourth-order valence-corrected chi connectivity index (χ4v) is 3.74. The molecule has 0 atom stereocenters. The SMILES string of the molecule is Cc1ccc(C(=O)Nc2cccc([SH2+])c2)cc1Oc1cc(-c2c(C)cccc2C)[nH]n1. The molecule has 156 valence electrons. The van der Waals surface area contributed by atoms with Gasteiger partial charge in [0.1, 0.15) is 5.75 Å². The normalized spacial score (nSPS) is 10.7. The average molecular weight is 431 g/mol. The lowest BCUT2D eigenvalue weighted by atomic mass is 10.0. The van der Waals surface area contributed by atoms with Crippen molar-refractivity contribution >= 4 is 24.2 Å². The van der Waals surface area contributed by atoms with Crippen LogP contribution in [0.5, 0.6) is 11.6 Å². The van der Waals surface area contributed by atoms with Gasteiger partial charge in [0.05, 0.1) is 5.69 Å². The lowest BCUT2D eigenvalue weighted by Gasteiger charge is -2.10. The van der Waals surface area contributed by atoms with E-state index in [9.17, 15) is 4.79 Å². The molecule has 2 N–H and O–H groups in total. The van der Waals surface area contributed by atoms with Crippen LogP contribution in [0.2, 0.25) is 0 Å². The molecule has 0 bridgehead atoms. The Morgan fingerprint density at radius 1 is 0.935 bits per heavy atom. The van der Waals surface area contributed by atoms with Gasteiger partial charge in [0.25, 0.3) is 5.91 Å². The first-order valence-electron chi connectivity index (χ1n) is 9.94. The maximum absolute atomic E-state index is 12.7. The van der Waals surface area contributed by atoms with Crippen LogP contribution >= 0.6 is 0 Å². The number of hydrogen-bond acceptors (Lipinski definition) is 3. The Balaban J connectivity index is 1.56. The molecule has 0 radical (unpaired) electrons. The van der Waals surface area contributed by atoms with Gasteiger partial charge in [-0.3, -0.25) is 9.89 Å². The first-order valence-corrected chi connectivity index (χ1v) is 10.4. The van der Waals surface area contributed by atoms with E-state index in [-0.39, 0.29) is 5.91 Å². The molecular formula is C25H24N3O2S+. The van der Waals surface area contributed by atoms with Gasteiger partial charge in [-0.2, -0.15) is 0 Å². The molecule has 0 aliphatic rings. The molecule has 1 amide bonds. The fourth-order valence-electron chi connectivity index (χ4n) is 3.49. The zero-order valence-corrected chi connectivity index (χ0v) is 18.6. The quantitative estimate of drug-likeness (QED) is 0.416. The number of amides is 1. The van der Waals surface area contributed by atoms with Crippen LogP contribution in [0.15, 0.2) is 71.6 Å². The van der Waals surface area contributed by atoms with E-state index in [1.54, 1.807) is 12.1 Å². The second-order valence-electron chi connectivity index (χ2n) is 7.50. The minimum Gasteiger partial charge on any atom is -0.437 e. The third-order valence-electron chi connectivity index (χ3n) is 5.09. The number of anilines is 1. The highest BCUT2D eigenvalue weighted by Gasteiger charge is 2.14. The third-order valence-corrected chi connectivity index (χ3v) is 5.40. The van der Waals surface area contributed by atoms with Crippen molar-refractivity contribution < 1.29 is 9.53 Å². The second kappa shape index (κ2) is 8.70. The summed E-state index contributed by atoms with van der Waals surface area (Å²) in [7, 11) is 0. The molecule has 3 aromatic carbocycles. The number of H-pyrrole nitrogens is 1. The third kappa shape index (κ3) is 4.64. The Hall–Kier alpha value is -3.51. The Morgan fingerprint density at radius 2 is 1.68 bits per heavy atom. The minimum absolute atomic E-state index is 0.208. The van der Waals surface area contributed by atoms with Gasteiger partial charge in [0.2, 0.25) is 5.88 Å². The van der Waals surface area contributed by atoms with Crippen molar-refractivity contribution in [1.29, 1.82) is 0 Å². The van der Waals surface area contributed by atoms with Crippen molar-refractivity contribution in [3.8, 4) is 22.9 Å². The molecule has 1 heterocycles. The van der Waals surface area contributed by atoms with Crippen molar-refractivity contribution in [2.45, 2.75) is 25.7 Å². The highest BCUT2D eigenvalue weighted by Crippen LogP contribution is 2.31. The highest BCUT2D eigenvalue weighted by atomic mass is 32.1. The second-order valence-corrected chi connectivity index (χ2v) is 8.08. The summed E-state index contributed by atoms with van der Waals surface area (Å²) in [6.45, 7) is 6.08. The van der Waals surface area contributed by atoms with E-state index < -0.39 is 0 Å². The molecule has 0 aliphatic heterocycles. The summed E-state index contributed by atoms with van der Waals surface area (Å²) >= 11 is 3.47. The molecule has 0 unspecified atom stereocenters. The van der Waals surface area contributed by atoms with E-state index in [2.05, 4.69) is 54.1 Å². The number of aromatic nitrogens is 2. The van der Waals surface area contributed by atoms with Gasteiger partial charge >= 0.3 is 0 Å². The smallest absolute Gasteiger partial charge is 0.255 e.